The third-order valence-electron chi connectivity index (χ3n) is 1.77. The fourth-order valence-corrected chi connectivity index (χ4v) is 1.73. The van der Waals surface area contributed by atoms with Gasteiger partial charge in [0.15, 0.2) is 0 Å². The topological polar surface area (TPSA) is 44.9 Å². The molecule has 0 fully saturated rings. The molecule has 58 valence electrons. The number of aromatic amines is 1. The molecule has 0 saturated carbocycles. The zero-order chi connectivity index (χ0) is 7.84. The Morgan fingerprint density at radius 2 is 2.36 bits per heavy atom. The third-order valence-corrected chi connectivity index (χ3v) is 2.20. The molecule has 0 unspecified atom stereocenters. The number of aromatic nitrogens is 1. The van der Waals surface area contributed by atoms with Crippen molar-refractivity contribution in [2.24, 2.45) is 0 Å². The average molecular weight is 215 g/mol. The number of rotatable bonds is 0. The molecule has 11 heavy (non-hydrogen) atoms. The monoisotopic (exact) mass is 214 g/mol. The summed E-state index contributed by atoms with van der Waals surface area (Å²) in [6.07, 6.45) is 0.896. The molecule has 0 aromatic carbocycles. The van der Waals surface area contributed by atoms with Crippen LogP contribution in [0, 0.1) is 0 Å². The van der Waals surface area contributed by atoms with Crippen LogP contribution in [0.1, 0.15) is 16.1 Å². The lowest BCUT2D eigenvalue weighted by molar-refractivity contribution is 0.0946. The maximum atomic E-state index is 11.1. The van der Waals surface area contributed by atoms with Gasteiger partial charge in [-0.2, -0.15) is 0 Å². The van der Waals surface area contributed by atoms with E-state index >= 15 is 0 Å². The Kier molecular flexibility index (Phi) is 1.49. The maximum absolute atomic E-state index is 11.1. The predicted octanol–water partition coefficient (Wildman–Crippen LogP) is 1.06. The van der Waals surface area contributed by atoms with Crippen molar-refractivity contribution in [3.05, 3.63) is 21.9 Å². The summed E-state index contributed by atoms with van der Waals surface area (Å²) in [5.74, 6) is 0.0215. The van der Waals surface area contributed by atoms with Gasteiger partial charge in [0.2, 0.25) is 0 Å². The van der Waals surface area contributed by atoms with E-state index in [0.29, 0.717) is 0 Å². The van der Waals surface area contributed by atoms with Crippen molar-refractivity contribution in [2.45, 2.75) is 6.42 Å². The second-order valence-corrected chi connectivity index (χ2v) is 3.37. The van der Waals surface area contributed by atoms with Crippen molar-refractivity contribution >= 4 is 21.8 Å². The van der Waals surface area contributed by atoms with Gasteiger partial charge in [-0.1, -0.05) is 0 Å². The summed E-state index contributed by atoms with van der Waals surface area (Å²) < 4.78 is 0.875. The number of carbonyl (C=O) groups excluding carboxylic acids is 1. The molecule has 0 bridgehead atoms. The van der Waals surface area contributed by atoms with Crippen LogP contribution in [-0.4, -0.2) is 17.4 Å². The lowest BCUT2D eigenvalue weighted by Crippen LogP contribution is -2.31. The molecule has 1 aromatic heterocycles. The minimum absolute atomic E-state index is 0.0215. The van der Waals surface area contributed by atoms with Crippen LogP contribution in [-0.2, 0) is 6.42 Å². The summed E-state index contributed by atoms with van der Waals surface area (Å²) in [5.41, 5.74) is 1.80. The smallest absolute Gasteiger partial charge is 0.253 e. The Labute approximate surface area is 72.3 Å². The Bertz CT molecular complexity index is 305. The average Bonchev–Trinajstić information content (AvgIpc) is 2.31. The molecule has 4 heteroatoms. The van der Waals surface area contributed by atoms with Crippen molar-refractivity contribution in [1.82, 2.24) is 10.3 Å². The fourth-order valence-electron chi connectivity index (χ4n) is 1.26. The van der Waals surface area contributed by atoms with Crippen LogP contribution in [0.2, 0.25) is 0 Å². The van der Waals surface area contributed by atoms with Gasteiger partial charge in [0, 0.05) is 18.7 Å². The van der Waals surface area contributed by atoms with Gasteiger partial charge in [-0.15, -0.1) is 0 Å². The van der Waals surface area contributed by atoms with E-state index in [0.717, 1.165) is 28.8 Å². The minimum Gasteiger partial charge on any atom is -0.352 e. The number of H-pyrrole nitrogens is 1. The molecule has 1 aliphatic rings. The molecule has 1 amide bonds. The molecule has 0 atom stereocenters. The first-order chi connectivity index (χ1) is 5.27. The summed E-state index contributed by atoms with van der Waals surface area (Å²) >= 11 is 3.28. The highest BCUT2D eigenvalue weighted by Crippen LogP contribution is 2.18. The van der Waals surface area contributed by atoms with Crippen molar-refractivity contribution in [3.63, 3.8) is 0 Å². The molecule has 2 N–H and O–H groups in total. The number of fused-ring (bicyclic) bond motifs is 1. The number of amides is 1. The first-order valence-corrected chi connectivity index (χ1v) is 4.22. The first kappa shape index (κ1) is 6.91. The third kappa shape index (κ3) is 1.07. The van der Waals surface area contributed by atoms with E-state index in [9.17, 15) is 4.79 Å². The van der Waals surface area contributed by atoms with Crippen LogP contribution >= 0.6 is 15.9 Å². The van der Waals surface area contributed by atoms with Crippen LogP contribution in [0.4, 0.5) is 0 Å². The molecule has 0 spiro atoms. The van der Waals surface area contributed by atoms with Gasteiger partial charge < -0.3 is 10.3 Å². The summed E-state index contributed by atoms with van der Waals surface area (Å²) in [7, 11) is 0. The van der Waals surface area contributed by atoms with Crippen molar-refractivity contribution in [1.29, 1.82) is 0 Å². The van der Waals surface area contributed by atoms with Gasteiger partial charge >= 0.3 is 0 Å². The maximum Gasteiger partial charge on any atom is 0.253 e. The molecule has 0 radical (unpaired) electrons. The van der Waals surface area contributed by atoms with E-state index in [4.69, 9.17) is 0 Å². The summed E-state index contributed by atoms with van der Waals surface area (Å²) in [5, 5.41) is 2.77. The summed E-state index contributed by atoms with van der Waals surface area (Å²) in [6.45, 7) is 0.735. The summed E-state index contributed by atoms with van der Waals surface area (Å²) in [6, 6.07) is 1.81. The Morgan fingerprint density at radius 3 is 3.09 bits per heavy atom. The highest BCUT2D eigenvalue weighted by molar-refractivity contribution is 9.10. The molecular weight excluding hydrogens is 208 g/mol. The molecule has 0 saturated heterocycles. The molecule has 2 heterocycles. The fraction of sp³-hybridized carbons (Fsp3) is 0.286. The zero-order valence-corrected chi connectivity index (χ0v) is 7.36. The lowest BCUT2D eigenvalue weighted by Gasteiger charge is -2.10. The Hall–Kier alpha value is -0.770. The second-order valence-electron chi connectivity index (χ2n) is 2.52. The standard InChI is InChI=1S/C7H7BrN2O/c8-6-3-4-5(10-6)1-2-9-7(4)11/h3,10H,1-2H2,(H,9,11). The van der Waals surface area contributed by atoms with Crippen molar-refractivity contribution in [3.8, 4) is 0 Å². The number of halogens is 1. The van der Waals surface area contributed by atoms with E-state index in [2.05, 4.69) is 26.2 Å². The predicted molar refractivity (Wildman–Crippen MR) is 44.5 cm³/mol. The SMILES string of the molecule is O=C1NCCc2[nH]c(Br)cc21. The van der Waals surface area contributed by atoms with Gasteiger partial charge in [-0.05, 0) is 22.0 Å². The van der Waals surface area contributed by atoms with Gasteiger partial charge in [-0.3, -0.25) is 4.79 Å². The minimum atomic E-state index is 0.0215. The van der Waals surface area contributed by atoms with E-state index in [1.807, 2.05) is 6.07 Å². The molecule has 0 aliphatic carbocycles. The lowest BCUT2D eigenvalue weighted by atomic mass is 10.1. The highest BCUT2D eigenvalue weighted by atomic mass is 79.9. The van der Waals surface area contributed by atoms with Crippen LogP contribution in [0.15, 0.2) is 10.7 Å². The molecular formula is C7H7BrN2O. The number of hydrogen-bond acceptors (Lipinski definition) is 1. The molecule has 2 rings (SSSR count). The number of nitrogens with one attached hydrogen (secondary N) is 2. The van der Waals surface area contributed by atoms with Gasteiger partial charge in [-0.25, -0.2) is 0 Å². The quantitative estimate of drug-likeness (QED) is 0.667. The van der Waals surface area contributed by atoms with Gasteiger partial charge in [0.25, 0.3) is 5.91 Å². The van der Waals surface area contributed by atoms with Crippen LogP contribution in [0.5, 0.6) is 0 Å². The van der Waals surface area contributed by atoms with Crippen molar-refractivity contribution in [2.75, 3.05) is 6.54 Å². The Balaban J connectivity index is 2.52. The first-order valence-electron chi connectivity index (χ1n) is 3.43. The van der Waals surface area contributed by atoms with E-state index in [1.165, 1.54) is 0 Å². The van der Waals surface area contributed by atoms with E-state index < -0.39 is 0 Å². The number of carbonyl (C=O) groups is 1. The highest BCUT2D eigenvalue weighted by Gasteiger charge is 2.18. The van der Waals surface area contributed by atoms with Gasteiger partial charge in [0.1, 0.15) is 0 Å². The largest absolute Gasteiger partial charge is 0.352 e. The summed E-state index contributed by atoms with van der Waals surface area (Å²) in [4.78, 5) is 14.2. The van der Waals surface area contributed by atoms with Crippen molar-refractivity contribution < 1.29 is 4.79 Å². The van der Waals surface area contributed by atoms with Gasteiger partial charge in [0.05, 0.1) is 10.2 Å². The second kappa shape index (κ2) is 2.37. The molecule has 3 nitrogen and oxygen atoms in total. The molecule has 1 aromatic rings. The van der Waals surface area contributed by atoms with E-state index in [1.54, 1.807) is 0 Å². The molecule has 1 aliphatic heterocycles. The normalized spacial score (nSPS) is 15.9. The zero-order valence-electron chi connectivity index (χ0n) is 5.78. The number of hydrogen-bond donors (Lipinski definition) is 2. The van der Waals surface area contributed by atoms with Crippen LogP contribution in [0.25, 0.3) is 0 Å². The Morgan fingerprint density at radius 1 is 1.55 bits per heavy atom. The van der Waals surface area contributed by atoms with Crippen LogP contribution < -0.4 is 5.32 Å². The van der Waals surface area contributed by atoms with E-state index in [-0.39, 0.29) is 5.91 Å². The van der Waals surface area contributed by atoms with Crippen LogP contribution in [0.3, 0.4) is 0 Å².